The minimum atomic E-state index is -0.0302. The van der Waals surface area contributed by atoms with Gasteiger partial charge in [-0.25, -0.2) is 0 Å². The Balaban J connectivity index is 1.70. The number of hydrogen-bond acceptors (Lipinski definition) is 4. The van der Waals surface area contributed by atoms with E-state index < -0.39 is 0 Å². The molecule has 1 aromatic carbocycles. The first-order chi connectivity index (χ1) is 14.1. The van der Waals surface area contributed by atoms with Crippen molar-refractivity contribution in [2.24, 2.45) is 4.99 Å². The molecule has 0 spiro atoms. The third-order valence-corrected chi connectivity index (χ3v) is 4.74. The van der Waals surface area contributed by atoms with E-state index in [4.69, 9.17) is 14.1 Å². The molecule has 154 valence electrons. The minimum absolute atomic E-state index is 0.0302. The van der Waals surface area contributed by atoms with E-state index in [1.54, 1.807) is 0 Å². The number of ether oxygens (including phenoxy) is 1. The van der Waals surface area contributed by atoms with Crippen molar-refractivity contribution < 1.29 is 9.15 Å². The number of aryl methyl sites for hydroxylation is 1. The predicted octanol–water partition coefficient (Wildman–Crippen LogP) is 4.39. The van der Waals surface area contributed by atoms with Gasteiger partial charge in [-0.2, -0.15) is 0 Å². The van der Waals surface area contributed by atoms with Crippen molar-refractivity contribution in [1.29, 1.82) is 0 Å². The molecular formula is C23H30N4O2. The largest absolute Gasteiger partial charge is 0.490 e. The second kappa shape index (κ2) is 9.96. The topological polar surface area (TPSA) is 71.7 Å². The summed E-state index contributed by atoms with van der Waals surface area (Å²) in [5.74, 6) is 2.40. The first-order valence-electron chi connectivity index (χ1n) is 10.2. The number of para-hydroxylation sites is 1. The Kier molecular flexibility index (Phi) is 7.11. The summed E-state index contributed by atoms with van der Waals surface area (Å²) in [5.41, 5.74) is 3.25. The van der Waals surface area contributed by atoms with Gasteiger partial charge in [-0.3, -0.25) is 9.98 Å². The van der Waals surface area contributed by atoms with E-state index in [-0.39, 0.29) is 6.04 Å². The molecule has 0 aliphatic heterocycles. The van der Waals surface area contributed by atoms with Crippen LogP contribution in [0.1, 0.15) is 43.7 Å². The van der Waals surface area contributed by atoms with Crippen LogP contribution < -0.4 is 15.4 Å². The zero-order valence-corrected chi connectivity index (χ0v) is 17.7. The summed E-state index contributed by atoms with van der Waals surface area (Å²) in [7, 11) is 0. The molecule has 0 bridgehead atoms. The van der Waals surface area contributed by atoms with Crippen LogP contribution in [0.2, 0.25) is 0 Å². The highest BCUT2D eigenvalue weighted by Gasteiger charge is 2.15. The molecule has 1 atom stereocenters. The van der Waals surface area contributed by atoms with Gasteiger partial charge in [-0.1, -0.05) is 12.1 Å². The monoisotopic (exact) mass is 394 g/mol. The van der Waals surface area contributed by atoms with Gasteiger partial charge in [0.2, 0.25) is 0 Å². The molecule has 2 heterocycles. The molecule has 1 unspecified atom stereocenters. The van der Waals surface area contributed by atoms with Crippen molar-refractivity contribution in [1.82, 2.24) is 15.6 Å². The van der Waals surface area contributed by atoms with Crippen LogP contribution in [-0.2, 0) is 6.42 Å². The van der Waals surface area contributed by atoms with Crippen LogP contribution in [0.4, 0.5) is 0 Å². The maximum Gasteiger partial charge on any atom is 0.191 e. The number of pyridine rings is 1. The molecule has 29 heavy (non-hydrogen) atoms. The lowest BCUT2D eigenvalue weighted by Crippen LogP contribution is -2.38. The fourth-order valence-electron chi connectivity index (χ4n) is 3.21. The van der Waals surface area contributed by atoms with Crippen molar-refractivity contribution in [2.75, 3.05) is 19.7 Å². The van der Waals surface area contributed by atoms with Gasteiger partial charge in [-0.15, -0.1) is 0 Å². The van der Waals surface area contributed by atoms with Crippen molar-refractivity contribution >= 4 is 16.9 Å². The number of hydrogen-bond donors (Lipinski definition) is 2. The van der Waals surface area contributed by atoms with Crippen LogP contribution in [0, 0.1) is 6.92 Å². The molecule has 0 saturated heterocycles. The summed E-state index contributed by atoms with van der Waals surface area (Å²) in [6, 6.07) is 10.0. The van der Waals surface area contributed by atoms with E-state index in [1.165, 1.54) is 11.1 Å². The predicted molar refractivity (Wildman–Crippen MR) is 118 cm³/mol. The van der Waals surface area contributed by atoms with E-state index in [0.717, 1.165) is 41.4 Å². The normalized spacial score (nSPS) is 12.8. The Morgan fingerprint density at radius 2 is 2.14 bits per heavy atom. The minimum Gasteiger partial charge on any atom is -0.490 e. The van der Waals surface area contributed by atoms with Crippen LogP contribution >= 0.6 is 0 Å². The van der Waals surface area contributed by atoms with Gasteiger partial charge in [0, 0.05) is 30.9 Å². The number of furan rings is 1. The van der Waals surface area contributed by atoms with Crippen LogP contribution in [0.5, 0.6) is 5.75 Å². The van der Waals surface area contributed by atoms with Crippen molar-refractivity contribution in [3.63, 3.8) is 0 Å². The van der Waals surface area contributed by atoms with Gasteiger partial charge in [0.15, 0.2) is 17.3 Å². The molecule has 0 radical (unpaired) electrons. The maximum atomic E-state index is 6.10. The zero-order chi connectivity index (χ0) is 20.6. The molecule has 6 heteroatoms. The molecule has 6 nitrogen and oxygen atoms in total. The van der Waals surface area contributed by atoms with Gasteiger partial charge in [0.05, 0.1) is 12.6 Å². The number of aliphatic imine (C=N–C) groups is 1. The Morgan fingerprint density at radius 3 is 2.90 bits per heavy atom. The summed E-state index contributed by atoms with van der Waals surface area (Å²) in [6.45, 7) is 10.3. The van der Waals surface area contributed by atoms with Gasteiger partial charge in [0.25, 0.3) is 0 Å². The highest BCUT2D eigenvalue weighted by Crippen LogP contribution is 2.31. The summed E-state index contributed by atoms with van der Waals surface area (Å²) in [6.07, 6.45) is 4.60. The number of benzene rings is 1. The highest BCUT2D eigenvalue weighted by atomic mass is 16.5. The molecule has 0 fully saturated rings. The SMILES string of the molecule is CCNC(=NCCc1ccncc1C)NC(C)c1cc2cccc(OCC)c2o1. The summed E-state index contributed by atoms with van der Waals surface area (Å²) < 4.78 is 11.8. The number of rotatable bonds is 8. The molecule has 0 aliphatic carbocycles. The van der Waals surface area contributed by atoms with Gasteiger partial charge >= 0.3 is 0 Å². The third-order valence-electron chi connectivity index (χ3n) is 4.74. The fraction of sp³-hybridized carbons (Fsp3) is 0.391. The Labute approximate surface area is 172 Å². The van der Waals surface area contributed by atoms with E-state index >= 15 is 0 Å². The molecule has 3 aromatic rings. The standard InChI is InChI=1S/C23H30N4O2/c1-5-25-23(26-13-11-18-10-12-24-15-16(18)3)27-17(4)21-14-19-8-7-9-20(28-6-2)22(19)29-21/h7-10,12,14-15,17H,5-6,11,13H2,1-4H3,(H2,25,26,27). The Bertz CT molecular complexity index is 964. The molecule has 2 aromatic heterocycles. The van der Waals surface area contributed by atoms with Crippen LogP contribution in [-0.4, -0.2) is 30.6 Å². The van der Waals surface area contributed by atoms with Crippen LogP contribution in [0.15, 0.2) is 52.1 Å². The van der Waals surface area contributed by atoms with Crippen molar-refractivity contribution in [2.45, 2.75) is 40.2 Å². The van der Waals surface area contributed by atoms with E-state index in [1.807, 2.05) is 37.5 Å². The first kappa shape index (κ1) is 20.7. The molecule has 2 N–H and O–H groups in total. The van der Waals surface area contributed by atoms with Gasteiger partial charge in [-0.05, 0) is 63.4 Å². The number of aromatic nitrogens is 1. The summed E-state index contributed by atoms with van der Waals surface area (Å²) in [4.78, 5) is 8.87. The van der Waals surface area contributed by atoms with Crippen LogP contribution in [0.25, 0.3) is 11.0 Å². The molecule has 3 rings (SSSR count). The average Bonchev–Trinajstić information content (AvgIpc) is 3.15. The Morgan fingerprint density at radius 1 is 1.28 bits per heavy atom. The smallest absolute Gasteiger partial charge is 0.191 e. The third kappa shape index (κ3) is 5.28. The molecule has 0 amide bonds. The summed E-state index contributed by atoms with van der Waals surface area (Å²) in [5, 5.41) is 7.79. The van der Waals surface area contributed by atoms with E-state index in [2.05, 4.69) is 48.5 Å². The lowest BCUT2D eigenvalue weighted by atomic mass is 10.1. The number of nitrogens with one attached hydrogen (secondary N) is 2. The maximum absolute atomic E-state index is 6.10. The quantitative estimate of drug-likeness (QED) is 0.438. The average molecular weight is 395 g/mol. The van der Waals surface area contributed by atoms with Gasteiger partial charge in [0.1, 0.15) is 5.76 Å². The van der Waals surface area contributed by atoms with E-state index in [9.17, 15) is 0 Å². The molecular weight excluding hydrogens is 364 g/mol. The lowest BCUT2D eigenvalue weighted by molar-refractivity contribution is 0.336. The number of guanidine groups is 1. The molecule has 0 aliphatic rings. The summed E-state index contributed by atoms with van der Waals surface area (Å²) >= 11 is 0. The number of fused-ring (bicyclic) bond motifs is 1. The van der Waals surface area contributed by atoms with Crippen LogP contribution in [0.3, 0.4) is 0 Å². The first-order valence-corrected chi connectivity index (χ1v) is 10.2. The van der Waals surface area contributed by atoms with E-state index in [0.29, 0.717) is 13.2 Å². The second-order valence-electron chi connectivity index (χ2n) is 6.94. The Hall–Kier alpha value is -3.02. The lowest BCUT2D eigenvalue weighted by Gasteiger charge is -2.16. The van der Waals surface area contributed by atoms with Crippen molar-refractivity contribution in [3.05, 3.63) is 59.6 Å². The molecule has 0 saturated carbocycles. The number of nitrogens with zero attached hydrogens (tertiary/aromatic N) is 2. The van der Waals surface area contributed by atoms with Gasteiger partial charge < -0.3 is 19.8 Å². The highest BCUT2D eigenvalue weighted by molar-refractivity contribution is 5.84. The van der Waals surface area contributed by atoms with Crippen molar-refractivity contribution in [3.8, 4) is 5.75 Å². The fourth-order valence-corrected chi connectivity index (χ4v) is 3.21. The second-order valence-corrected chi connectivity index (χ2v) is 6.94. The zero-order valence-electron chi connectivity index (χ0n) is 17.7.